The maximum absolute atomic E-state index is 10.7. The number of hydrogen-bond donors (Lipinski definition) is 4. The highest BCUT2D eigenvalue weighted by Crippen LogP contribution is 2.49. The van der Waals surface area contributed by atoms with E-state index in [1.165, 1.54) is 0 Å². The minimum Gasteiger partial charge on any atom is -0.508 e. The first-order valence-corrected chi connectivity index (χ1v) is 12.9. The summed E-state index contributed by atoms with van der Waals surface area (Å²) in [5.74, 6) is 0.408. The lowest BCUT2D eigenvalue weighted by Gasteiger charge is -2.26. The summed E-state index contributed by atoms with van der Waals surface area (Å²) in [4.78, 5) is 21.5. The van der Waals surface area contributed by atoms with Gasteiger partial charge in [0.05, 0.1) is 10.8 Å². The Bertz CT molecular complexity index is 1100. The number of rotatable bonds is 4. The normalized spacial score (nSPS) is 28.3. The number of carbonyl (C=O) groups is 2. The molecule has 4 aliphatic rings. The van der Waals surface area contributed by atoms with Gasteiger partial charge in [-0.1, -0.05) is 62.4 Å². The van der Waals surface area contributed by atoms with Crippen molar-refractivity contribution in [1.29, 1.82) is 0 Å². The van der Waals surface area contributed by atoms with E-state index < -0.39 is 22.8 Å². The molecule has 4 aliphatic carbocycles. The Hall–Kier alpha value is -3.54. The maximum atomic E-state index is 10.7. The van der Waals surface area contributed by atoms with E-state index in [0.29, 0.717) is 11.8 Å². The molecule has 196 valence electrons. The highest BCUT2D eigenvalue weighted by atomic mass is 16.4. The Labute approximate surface area is 218 Å². The number of carboxylic acid groups (broad SMARTS) is 2. The third-order valence-electron chi connectivity index (χ3n) is 8.58. The molecule has 6 heteroatoms. The molecule has 0 radical (unpaired) electrons. The molecule has 0 saturated heterocycles. The summed E-state index contributed by atoms with van der Waals surface area (Å²) in [7, 11) is 0. The molecule has 2 saturated carbocycles. The van der Waals surface area contributed by atoms with Crippen LogP contribution in [-0.4, -0.2) is 32.4 Å². The van der Waals surface area contributed by atoms with Gasteiger partial charge in [0.15, 0.2) is 0 Å². The average molecular weight is 505 g/mol. The summed E-state index contributed by atoms with van der Waals surface area (Å²) in [5.41, 5.74) is 1.19. The van der Waals surface area contributed by atoms with Gasteiger partial charge in [-0.3, -0.25) is 9.59 Å². The van der Waals surface area contributed by atoms with E-state index in [2.05, 4.69) is 26.0 Å². The van der Waals surface area contributed by atoms with Gasteiger partial charge in [0.2, 0.25) is 0 Å². The molecule has 6 nitrogen and oxygen atoms in total. The van der Waals surface area contributed by atoms with Crippen LogP contribution in [0.25, 0.3) is 0 Å². The monoisotopic (exact) mass is 504 g/mol. The molecule has 2 aromatic carbocycles. The van der Waals surface area contributed by atoms with Gasteiger partial charge >= 0.3 is 11.9 Å². The van der Waals surface area contributed by atoms with Crippen LogP contribution in [0.3, 0.4) is 0 Å². The van der Waals surface area contributed by atoms with Crippen molar-refractivity contribution in [3.63, 3.8) is 0 Å². The van der Waals surface area contributed by atoms with Crippen LogP contribution in [0.5, 0.6) is 11.5 Å². The second kappa shape index (κ2) is 10.1. The molecule has 4 bridgehead atoms. The zero-order valence-electron chi connectivity index (χ0n) is 21.4. The molecule has 0 heterocycles. The van der Waals surface area contributed by atoms with Crippen molar-refractivity contribution in [2.75, 3.05) is 0 Å². The molecule has 0 amide bonds. The second-order valence-electron chi connectivity index (χ2n) is 11.4. The second-order valence-corrected chi connectivity index (χ2v) is 11.4. The number of phenolic OH excluding ortho intramolecular Hbond substituents is 2. The highest BCUT2D eigenvalue weighted by molar-refractivity contribution is 5.79. The van der Waals surface area contributed by atoms with Crippen LogP contribution in [0.15, 0.2) is 72.8 Å². The molecule has 4 N–H and O–H groups in total. The van der Waals surface area contributed by atoms with Crippen molar-refractivity contribution in [2.24, 2.45) is 22.7 Å². The Balaban J connectivity index is 0.000000137. The van der Waals surface area contributed by atoms with Gasteiger partial charge in [-0.2, -0.15) is 0 Å². The summed E-state index contributed by atoms with van der Waals surface area (Å²) in [5, 5.41) is 36.3. The fourth-order valence-corrected chi connectivity index (χ4v) is 5.96. The summed E-state index contributed by atoms with van der Waals surface area (Å²) in [6, 6.07) is 14.4. The topological polar surface area (TPSA) is 115 Å². The quantitative estimate of drug-likeness (QED) is 0.364. The van der Waals surface area contributed by atoms with Gasteiger partial charge in [-0.25, -0.2) is 0 Å². The molecule has 2 aromatic rings. The van der Waals surface area contributed by atoms with Crippen LogP contribution in [0.1, 0.15) is 63.5 Å². The summed E-state index contributed by atoms with van der Waals surface area (Å²) >= 11 is 0. The summed E-state index contributed by atoms with van der Waals surface area (Å²) in [6.07, 6.45) is 13.4. The van der Waals surface area contributed by atoms with Gasteiger partial charge in [0.25, 0.3) is 0 Å². The number of phenols is 2. The van der Waals surface area contributed by atoms with Crippen molar-refractivity contribution in [3.8, 4) is 11.5 Å². The molecule has 4 atom stereocenters. The Morgan fingerprint density at radius 3 is 1.24 bits per heavy atom. The molecule has 6 rings (SSSR count). The Kier molecular flexibility index (Phi) is 7.22. The predicted molar refractivity (Wildman–Crippen MR) is 141 cm³/mol. The van der Waals surface area contributed by atoms with E-state index in [4.69, 9.17) is 10.2 Å². The van der Waals surface area contributed by atoms with Crippen LogP contribution >= 0.6 is 0 Å². The first kappa shape index (κ1) is 26.5. The van der Waals surface area contributed by atoms with Crippen LogP contribution in [0.2, 0.25) is 0 Å². The molecule has 0 spiro atoms. The van der Waals surface area contributed by atoms with E-state index in [1.807, 2.05) is 36.4 Å². The van der Waals surface area contributed by atoms with E-state index in [9.17, 15) is 19.8 Å². The lowest BCUT2D eigenvalue weighted by atomic mass is 9.78. The van der Waals surface area contributed by atoms with Crippen molar-refractivity contribution >= 4 is 11.9 Å². The summed E-state index contributed by atoms with van der Waals surface area (Å²) < 4.78 is 0. The van der Waals surface area contributed by atoms with E-state index in [-0.39, 0.29) is 16.9 Å². The molecule has 0 aromatic heterocycles. The van der Waals surface area contributed by atoms with Gasteiger partial charge in [-0.05, 0) is 85.8 Å². The Morgan fingerprint density at radius 2 is 1.05 bits per heavy atom. The zero-order chi connectivity index (χ0) is 26.8. The number of fused-ring (bicyclic) bond motifs is 4. The first-order chi connectivity index (χ1) is 17.5. The minimum atomic E-state index is -0.635. The molecule has 4 unspecified atom stereocenters. The van der Waals surface area contributed by atoms with Crippen LogP contribution in [0, 0.1) is 22.7 Å². The Morgan fingerprint density at radius 1 is 0.703 bits per heavy atom. The average Bonchev–Trinajstić information content (AvgIpc) is 3.68. The number of allylic oxidation sites excluding steroid dienone is 2. The number of aliphatic carboxylic acids is 2. The number of benzene rings is 2. The first-order valence-electron chi connectivity index (χ1n) is 12.9. The number of carboxylic acids is 2. The van der Waals surface area contributed by atoms with Gasteiger partial charge in [0.1, 0.15) is 11.5 Å². The lowest BCUT2D eigenvalue weighted by molar-refractivity contribution is -0.146. The van der Waals surface area contributed by atoms with E-state index in [0.717, 1.165) is 49.7 Å². The van der Waals surface area contributed by atoms with Gasteiger partial charge in [0, 0.05) is 5.41 Å². The number of aromatic hydroxyl groups is 2. The SMILES string of the molecule is CC(C)(c1ccc(O)cc1)c1ccc(O)cc1.O=C(O)C12C=CC(CC1)C2.O=C(O)C12C=CC(CC1)C2. The standard InChI is InChI=1S/C15H16O2.2C8H10O2/c1-15(2,11-3-7-13(16)8-4-11)12-5-9-14(17)10-6-12;2*9-7(10)8-3-1-6(5-8)2-4-8/h3-10,16-17H,1-2H3;2*1,3,6H,2,4-5H2,(H,9,10). The van der Waals surface area contributed by atoms with Crippen molar-refractivity contribution in [1.82, 2.24) is 0 Å². The van der Waals surface area contributed by atoms with Crippen molar-refractivity contribution in [2.45, 2.75) is 57.8 Å². The third-order valence-corrected chi connectivity index (χ3v) is 8.58. The summed E-state index contributed by atoms with van der Waals surface area (Å²) in [6.45, 7) is 4.23. The van der Waals surface area contributed by atoms with Crippen LogP contribution < -0.4 is 0 Å². The van der Waals surface area contributed by atoms with E-state index >= 15 is 0 Å². The smallest absolute Gasteiger partial charge is 0.313 e. The van der Waals surface area contributed by atoms with Crippen LogP contribution in [-0.2, 0) is 15.0 Å². The fourth-order valence-electron chi connectivity index (χ4n) is 5.96. The zero-order valence-corrected chi connectivity index (χ0v) is 21.4. The molecule has 2 fully saturated rings. The third kappa shape index (κ3) is 5.43. The predicted octanol–water partition coefficient (Wildman–Crippen LogP) is 6.28. The van der Waals surface area contributed by atoms with Crippen molar-refractivity contribution in [3.05, 3.63) is 84.0 Å². The molecular formula is C31H36O6. The van der Waals surface area contributed by atoms with Crippen molar-refractivity contribution < 1.29 is 30.0 Å². The van der Waals surface area contributed by atoms with E-state index in [1.54, 1.807) is 24.3 Å². The fraction of sp³-hybridized carbons (Fsp3) is 0.419. The molecule has 37 heavy (non-hydrogen) atoms. The van der Waals surface area contributed by atoms with Crippen LogP contribution in [0.4, 0.5) is 0 Å². The van der Waals surface area contributed by atoms with Gasteiger partial charge in [-0.15, -0.1) is 0 Å². The molecule has 0 aliphatic heterocycles. The number of hydrogen-bond acceptors (Lipinski definition) is 4. The highest BCUT2D eigenvalue weighted by Gasteiger charge is 2.47. The lowest BCUT2D eigenvalue weighted by Crippen LogP contribution is -2.23. The minimum absolute atomic E-state index is 0.151. The maximum Gasteiger partial charge on any atom is 0.313 e. The molecular weight excluding hydrogens is 468 g/mol. The largest absolute Gasteiger partial charge is 0.508 e. The van der Waals surface area contributed by atoms with Gasteiger partial charge < -0.3 is 20.4 Å².